The lowest BCUT2D eigenvalue weighted by Crippen LogP contribution is -2.34. The lowest BCUT2D eigenvalue weighted by molar-refractivity contribution is 0.378. The minimum absolute atomic E-state index is 0.736. The Kier molecular flexibility index (Phi) is 4.00. The highest BCUT2D eigenvalue weighted by atomic mass is 15.1. The molecule has 1 aromatic carbocycles. The van der Waals surface area contributed by atoms with E-state index in [4.69, 9.17) is 5.26 Å². The SMILES string of the molecule is CN(CC1CCNCC1)c1cccc(C#N)c1. The molecule has 1 aromatic rings. The monoisotopic (exact) mass is 229 g/mol. The molecule has 3 nitrogen and oxygen atoms in total. The van der Waals surface area contributed by atoms with Crippen LogP contribution < -0.4 is 10.2 Å². The van der Waals surface area contributed by atoms with E-state index >= 15 is 0 Å². The van der Waals surface area contributed by atoms with Crippen molar-refractivity contribution in [2.24, 2.45) is 5.92 Å². The third-order valence-electron chi connectivity index (χ3n) is 3.41. The van der Waals surface area contributed by atoms with Crippen molar-refractivity contribution in [2.75, 3.05) is 31.6 Å². The van der Waals surface area contributed by atoms with Gasteiger partial charge in [-0.25, -0.2) is 0 Å². The quantitative estimate of drug-likeness (QED) is 0.861. The molecule has 1 fully saturated rings. The van der Waals surface area contributed by atoms with E-state index in [2.05, 4.69) is 29.4 Å². The molecule has 1 aliphatic rings. The van der Waals surface area contributed by atoms with Gasteiger partial charge in [0.25, 0.3) is 0 Å². The van der Waals surface area contributed by atoms with Gasteiger partial charge in [0, 0.05) is 19.3 Å². The summed E-state index contributed by atoms with van der Waals surface area (Å²) in [7, 11) is 2.11. The molecular formula is C14H19N3. The van der Waals surface area contributed by atoms with E-state index in [1.165, 1.54) is 12.8 Å². The first kappa shape index (κ1) is 11.9. The van der Waals surface area contributed by atoms with Crippen molar-refractivity contribution in [2.45, 2.75) is 12.8 Å². The Balaban J connectivity index is 1.98. The van der Waals surface area contributed by atoms with Gasteiger partial charge in [0.05, 0.1) is 11.6 Å². The topological polar surface area (TPSA) is 39.1 Å². The van der Waals surface area contributed by atoms with E-state index in [1.807, 2.05) is 18.2 Å². The first-order valence-corrected chi connectivity index (χ1v) is 6.21. The molecule has 0 aliphatic carbocycles. The van der Waals surface area contributed by atoms with Crippen LogP contribution in [0, 0.1) is 17.2 Å². The summed E-state index contributed by atoms with van der Waals surface area (Å²) >= 11 is 0. The molecule has 90 valence electrons. The highest BCUT2D eigenvalue weighted by molar-refractivity contribution is 5.50. The number of anilines is 1. The van der Waals surface area contributed by atoms with E-state index in [-0.39, 0.29) is 0 Å². The summed E-state index contributed by atoms with van der Waals surface area (Å²) in [6, 6.07) is 10.0. The number of nitriles is 1. The zero-order valence-corrected chi connectivity index (χ0v) is 10.3. The number of benzene rings is 1. The van der Waals surface area contributed by atoms with E-state index in [0.29, 0.717) is 0 Å². The van der Waals surface area contributed by atoms with Crippen LogP contribution in [0.5, 0.6) is 0 Å². The number of piperidine rings is 1. The van der Waals surface area contributed by atoms with Gasteiger partial charge in [-0.1, -0.05) is 6.07 Å². The van der Waals surface area contributed by atoms with Crippen LogP contribution >= 0.6 is 0 Å². The Bertz CT molecular complexity index is 402. The molecule has 0 bridgehead atoms. The minimum atomic E-state index is 0.736. The van der Waals surface area contributed by atoms with Gasteiger partial charge in [0.15, 0.2) is 0 Å². The maximum Gasteiger partial charge on any atom is 0.0992 e. The van der Waals surface area contributed by atoms with Crippen LogP contribution in [0.15, 0.2) is 24.3 Å². The summed E-state index contributed by atoms with van der Waals surface area (Å²) < 4.78 is 0. The number of nitrogens with one attached hydrogen (secondary N) is 1. The summed E-state index contributed by atoms with van der Waals surface area (Å²) in [4.78, 5) is 2.26. The predicted octanol–water partition coefficient (Wildman–Crippen LogP) is 1.99. The fourth-order valence-electron chi connectivity index (χ4n) is 2.37. The average molecular weight is 229 g/mol. The molecule has 0 radical (unpaired) electrons. The van der Waals surface area contributed by atoms with Crippen LogP contribution in [-0.2, 0) is 0 Å². The maximum atomic E-state index is 8.89. The highest BCUT2D eigenvalue weighted by Crippen LogP contribution is 2.19. The summed E-state index contributed by atoms with van der Waals surface area (Å²) in [5.41, 5.74) is 1.88. The van der Waals surface area contributed by atoms with E-state index in [9.17, 15) is 0 Å². The fraction of sp³-hybridized carbons (Fsp3) is 0.500. The van der Waals surface area contributed by atoms with Gasteiger partial charge < -0.3 is 10.2 Å². The standard InChI is InChI=1S/C14H19N3/c1-17(11-12-5-7-16-8-6-12)14-4-2-3-13(9-14)10-15/h2-4,9,12,16H,5-8,11H2,1H3. The Hall–Kier alpha value is -1.53. The van der Waals surface area contributed by atoms with Crippen LogP contribution in [0.2, 0.25) is 0 Å². The van der Waals surface area contributed by atoms with Crippen LogP contribution in [0.1, 0.15) is 18.4 Å². The van der Waals surface area contributed by atoms with Gasteiger partial charge in [-0.15, -0.1) is 0 Å². The van der Waals surface area contributed by atoms with Crippen LogP contribution in [-0.4, -0.2) is 26.7 Å². The molecule has 1 N–H and O–H groups in total. The molecule has 0 saturated carbocycles. The van der Waals surface area contributed by atoms with Gasteiger partial charge in [-0.05, 0) is 50.0 Å². The highest BCUT2D eigenvalue weighted by Gasteiger charge is 2.15. The second-order valence-electron chi connectivity index (χ2n) is 4.74. The number of hydrogen-bond acceptors (Lipinski definition) is 3. The van der Waals surface area contributed by atoms with Crippen molar-refractivity contribution >= 4 is 5.69 Å². The molecule has 3 heteroatoms. The van der Waals surface area contributed by atoms with E-state index < -0.39 is 0 Å². The minimum Gasteiger partial charge on any atom is -0.374 e. The van der Waals surface area contributed by atoms with Gasteiger partial charge >= 0.3 is 0 Å². The Morgan fingerprint density at radius 1 is 1.41 bits per heavy atom. The fourth-order valence-corrected chi connectivity index (χ4v) is 2.37. The first-order valence-electron chi connectivity index (χ1n) is 6.21. The third-order valence-corrected chi connectivity index (χ3v) is 3.41. The Labute approximate surface area is 103 Å². The molecule has 2 rings (SSSR count). The first-order chi connectivity index (χ1) is 8.29. The largest absolute Gasteiger partial charge is 0.374 e. The predicted molar refractivity (Wildman–Crippen MR) is 70.0 cm³/mol. The zero-order valence-electron chi connectivity index (χ0n) is 10.3. The second kappa shape index (κ2) is 5.70. The molecule has 0 atom stereocenters. The zero-order chi connectivity index (χ0) is 12.1. The van der Waals surface area contributed by atoms with Gasteiger partial charge in [-0.3, -0.25) is 0 Å². The van der Waals surface area contributed by atoms with Crippen molar-refractivity contribution in [3.8, 4) is 6.07 Å². The number of nitrogens with zero attached hydrogens (tertiary/aromatic N) is 2. The summed E-state index contributed by atoms with van der Waals surface area (Å²) in [5.74, 6) is 0.770. The van der Waals surface area contributed by atoms with Gasteiger partial charge in [0.1, 0.15) is 0 Å². The molecule has 0 spiro atoms. The van der Waals surface area contributed by atoms with Crippen molar-refractivity contribution in [3.63, 3.8) is 0 Å². The molecule has 1 saturated heterocycles. The smallest absolute Gasteiger partial charge is 0.0992 e. The van der Waals surface area contributed by atoms with Gasteiger partial charge in [-0.2, -0.15) is 5.26 Å². The third kappa shape index (κ3) is 3.21. The molecule has 0 aromatic heterocycles. The normalized spacial score (nSPS) is 16.5. The van der Waals surface area contributed by atoms with Crippen LogP contribution in [0.25, 0.3) is 0 Å². The second-order valence-corrected chi connectivity index (χ2v) is 4.74. The van der Waals surface area contributed by atoms with Crippen molar-refractivity contribution in [3.05, 3.63) is 29.8 Å². The molecule has 17 heavy (non-hydrogen) atoms. The van der Waals surface area contributed by atoms with E-state index in [0.717, 1.165) is 36.8 Å². The molecule has 0 unspecified atom stereocenters. The molecule has 1 aliphatic heterocycles. The molecular weight excluding hydrogens is 210 g/mol. The average Bonchev–Trinajstić information content (AvgIpc) is 2.40. The Morgan fingerprint density at radius 3 is 2.88 bits per heavy atom. The Morgan fingerprint density at radius 2 is 2.18 bits per heavy atom. The number of hydrogen-bond donors (Lipinski definition) is 1. The van der Waals surface area contributed by atoms with Crippen molar-refractivity contribution < 1.29 is 0 Å². The molecule has 1 heterocycles. The summed E-state index contributed by atoms with van der Waals surface area (Å²) in [6.07, 6.45) is 2.50. The molecule has 0 amide bonds. The van der Waals surface area contributed by atoms with Crippen LogP contribution in [0.3, 0.4) is 0 Å². The lowest BCUT2D eigenvalue weighted by atomic mass is 9.97. The van der Waals surface area contributed by atoms with Crippen molar-refractivity contribution in [1.29, 1.82) is 5.26 Å². The lowest BCUT2D eigenvalue weighted by Gasteiger charge is -2.28. The van der Waals surface area contributed by atoms with Crippen molar-refractivity contribution in [1.82, 2.24) is 5.32 Å². The summed E-state index contributed by atoms with van der Waals surface area (Å²) in [5, 5.41) is 12.3. The maximum absolute atomic E-state index is 8.89. The van der Waals surface area contributed by atoms with Gasteiger partial charge in [0.2, 0.25) is 0 Å². The van der Waals surface area contributed by atoms with Crippen LogP contribution in [0.4, 0.5) is 5.69 Å². The van der Waals surface area contributed by atoms with E-state index in [1.54, 1.807) is 0 Å². The number of rotatable bonds is 3. The summed E-state index contributed by atoms with van der Waals surface area (Å²) in [6.45, 7) is 3.35.